The first kappa shape index (κ1) is 33.5. The quantitative estimate of drug-likeness (QED) is 0.155. The number of aromatic nitrogens is 1. The van der Waals surface area contributed by atoms with E-state index >= 15 is 0 Å². The number of hydrogen-bond acceptors (Lipinski definition) is 3. The van der Waals surface area contributed by atoms with E-state index in [-0.39, 0.29) is 17.7 Å². The SMILES string of the molecule is Cc1cc2c(cc1N1B3c4c(cc5c(sc6ccccc65)c4-n4c5c3cccc5c3ccc5ccccc5c34)-c3c1ccc1c3oc3ccccc31)C(C)(C)CCC2(C)C. The van der Waals surface area contributed by atoms with Crippen LogP contribution < -0.4 is 15.7 Å². The van der Waals surface area contributed by atoms with E-state index < -0.39 is 0 Å². The molecule has 3 aliphatic rings. The molecule has 0 bridgehead atoms. The first-order valence-electron chi connectivity index (χ1n) is 21.5. The van der Waals surface area contributed by atoms with Crippen LogP contribution in [0.2, 0.25) is 0 Å². The topological polar surface area (TPSA) is 21.3 Å². The van der Waals surface area contributed by atoms with Gasteiger partial charge in [-0.3, -0.25) is 0 Å². The van der Waals surface area contributed by atoms with Crippen LogP contribution in [-0.2, 0) is 10.8 Å². The maximum atomic E-state index is 7.09. The molecule has 8 aromatic carbocycles. The number of para-hydroxylation sites is 2. The molecule has 0 atom stereocenters. The monoisotopic (exact) mass is 788 g/mol. The summed E-state index contributed by atoms with van der Waals surface area (Å²) in [6.45, 7) is 12.1. The van der Waals surface area contributed by atoms with Gasteiger partial charge in [-0.1, -0.05) is 125 Å². The zero-order chi connectivity index (χ0) is 40.0. The number of anilines is 2. The molecular formula is C55H41BN2OS. The van der Waals surface area contributed by atoms with Gasteiger partial charge in [-0.05, 0) is 106 Å². The molecule has 0 spiro atoms. The predicted molar refractivity (Wildman–Crippen MR) is 258 cm³/mol. The highest BCUT2D eigenvalue weighted by molar-refractivity contribution is 7.26. The number of thiophene rings is 1. The molecule has 3 aromatic heterocycles. The molecule has 0 amide bonds. The second kappa shape index (κ2) is 11.1. The van der Waals surface area contributed by atoms with E-state index in [0.717, 1.165) is 21.9 Å². The van der Waals surface area contributed by atoms with E-state index in [2.05, 4.69) is 177 Å². The minimum Gasteiger partial charge on any atom is -0.455 e. The molecule has 2 aliphatic heterocycles. The van der Waals surface area contributed by atoms with Crippen molar-refractivity contribution in [3.8, 4) is 16.8 Å². The van der Waals surface area contributed by atoms with E-state index in [1.54, 1.807) is 0 Å². The second-order valence-electron chi connectivity index (χ2n) is 19.1. The first-order chi connectivity index (χ1) is 29.2. The number of fused-ring (bicyclic) bond motifs is 18. The summed E-state index contributed by atoms with van der Waals surface area (Å²) >= 11 is 1.94. The Balaban J connectivity index is 1.23. The molecule has 0 fully saturated rings. The van der Waals surface area contributed by atoms with Gasteiger partial charge in [0.15, 0.2) is 0 Å². The minimum absolute atomic E-state index is 0.0565. The normalized spacial score (nSPS) is 16.1. The average Bonchev–Trinajstić information content (AvgIpc) is 3.94. The summed E-state index contributed by atoms with van der Waals surface area (Å²) < 4.78 is 12.4. The molecule has 0 N–H and O–H groups in total. The van der Waals surface area contributed by atoms with Crippen LogP contribution >= 0.6 is 11.3 Å². The molecule has 1 aliphatic carbocycles. The van der Waals surface area contributed by atoms with E-state index in [1.807, 2.05) is 11.3 Å². The highest BCUT2D eigenvalue weighted by Gasteiger charge is 2.47. The Morgan fingerprint density at radius 1 is 0.600 bits per heavy atom. The van der Waals surface area contributed by atoms with Crippen LogP contribution in [0.15, 0.2) is 138 Å². The van der Waals surface area contributed by atoms with Crippen molar-refractivity contribution >= 4 is 115 Å². The third kappa shape index (κ3) is 4.03. The molecular weight excluding hydrogens is 747 g/mol. The van der Waals surface area contributed by atoms with Gasteiger partial charge in [-0.25, -0.2) is 0 Å². The summed E-state index contributed by atoms with van der Waals surface area (Å²) in [5, 5.41) is 10.1. The van der Waals surface area contributed by atoms with E-state index in [1.165, 1.54) is 121 Å². The molecule has 11 aromatic rings. The first-order valence-corrected chi connectivity index (χ1v) is 22.3. The maximum Gasteiger partial charge on any atom is 0.333 e. The Hall–Kier alpha value is -6.30. The van der Waals surface area contributed by atoms with Gasteiger partial charge in [0.2, 0.25) is 0 Å². The Kier molecular flexibility index (Phi) is 6.20. The van der Waals surface area contributed by atoms with Gasteiger partial charge < -0.3 is 13.8 Å². The summed E-state index contributed by atoms with van der Waals surface area (Å²) in [4.78, 5) is 2.73. The smallest absolute Gasteiger partial charge is 0.333 e. The Morgan fingerprint density at radius 2 is 1.30 bits per heavy atom. The van der Waals surface area contributed by atoms with Crippen molar-refractivity contribution in [2.45, 2.75) is 58.3 Å². The molecule has 0 saturated heterocycles. The molecule has 0 saturated carbocycles. The van der Waals surface area contributed by atoms with Crippen LogP contribution in [0.1, 0.15) is 57.2 Å². The standard InChI is InChI=1S/C55H41BN2OS/c1-30-27-40-41(55(4,5)26-25-54(40,2)3)29-44(30)58-43-24-23-37-33-15-8-10-19-45(33)59-52(37)47(43)39-28-38-34-16-9-11-20-46(34)60-53(38)51-48(39)56(58)42-18-12-17-35-36-22-21-31-13-6-7-14-32(31)49(36)57(51)50(35)42/h6-24,27-29H,25-26H2,1-5H3. The number of nitrogens with zero attached hydrogens (tertiary/aromatic N) is 2. The van der Waals surface area contributed by atoms with Gasteiger partial charge in [0.05, 0.1) is 21.4 Å². The van der Waals surface area contributed by atoms with Crippen molar-refractivity contribution in [1.82, 2.24) is 4.57 Å². The molecule has 0 unspecified atom stereocenters. The van der Waals surface area contributed by atoms with Crippen LogP contribution in [-0.4, -0.2) is 11.4 Å². The summed E-state index contributed by atoms with van der Waals surface area (Å²) in [6, 6.07) is 50.7. The lowest BCUT2D eigenvalue weighted by Crippen LogP contribution is -2.60. The molecule has 5 heterocycles. The lowest BCUT2D eigenvalue weighted by atomic mass is 9.43. The van der Waals surface area contributed by atoms with Gasteiger partial charge in [0.1, 0.15) is 11.2 Å². The lowest BCUT2D eigenvalue weighted by Gasteiger charge is -2.45. The largest absolute Gasteiger partial charge is 0.455 e. The van der Waals surface area contributed by atoms with Gasteiger partial charge in [-0.15, -0.1) is 11.3 Å². The average molecular weight is 789 g/mol. The van der Waals surface area contributed by atoms with Crippen molar-refractivity contribution in [1.29, 1.82) is 0 Å². The highest BCUT2D eigenvalue weighted by atomic mass is 32.1. The number of rotatable bonds is 1. The fourth-order valence-electron chi connectivity index (χ4n) is 11.9. The highest BCUT2D eigenvalue weighted by Crippen LogP contribution is 2.54. The van der Waals surface area contributed by atoms with E-state index in [4.69, 9.17) is 4.42 Å². The molecule has 14 rings (SSSR count). The predicted octanol–water partition coefficient (Wildman–Crippen LogP) is 14.1. The van der Waals surface area contributed by atoms with Crippen molar-refractivity contribution in [2.24, 2.45) is 0 Å². The van der Waals surface area contributed by atoms with Gasteiger partial charge in [0.25, 0.3) is 0 Å². The molecule has 5 heteroatoms. The van der Waals surface area contributed by atoms with Gasteiger partial charge >= 0.3 is 6.85 Å². The number of hydrogen-bond donors (Lipinski definition) is 0. The molecule has 286 valence electrons. The number of aryl methyl sites for hydroxylation is 1. The van der Waals surface area contributed by atoms with E-state index in [9.17, 15) is 0 Å². The van der Waals surface area contributed by atoms with Crippen LogP contribution in [0.5, 0.6) is 0 Å². The van der Waals surface area contributed by atoms with Crippen LogP contribution in [0.3, 0.4) is 0 Å². The number of furan rings is 1. The van der Waals surface area contributed by atoms with Crippen molar-refractivity contribution in [3.05, 3.63) is 150 Å². The zero-order valence-electron chi connectivity index (χ0n) is 34.4. The Labute approximate surface area is 352 Å². The zero-order valence-corrected chi connectivity index (χ0v) is 35.2. The third-order valence-electron chi connectivity index (χ3n) is 14.9. The Morgan fingerprint density at radius 3 is 2.15 bits per heavy atom. The second-order valence-corrected chi connectivity index (χ2v) is 20.1. The summed E-state index contributed by atoms with van der Waals surface area (Å²) in [5.74, 6) is 0. The van der Waals surface area contributed by atoms with Crippen LogP contribution in [0, 0.1) is 6.92 Å². The fourth-order valence-corrected chi connectivity index (χ4v) is 13.1. The molecule has 0 radical (unpaired) electrons. The molecule has 3 nitrogen and oxygen atoms in total. The Bertz CT molecular complexity index is 3770. The lowest BCUT2D eigenvalue weighted by molar-refractivity contribution is 0.332. The van der Waals surface area contributed by atoms with Gasteiger partial charge in [-0.2, -0.15) is 0 Å². The fraction of sp³-hybridized carbons (Fsp3) is 0.164. The summed E-state index contributed by atoms with van der Waals surface area (Å²) in [6.07, 6.45) is 2.35. The maximum absolute atomic E-state index is 7.09. The molecule has 60 heavy (non-hydrogen) atoms. The van der Waals surface area contributed by atoms with Crippen molar-refractivity contribution in [2.75, 3.05) is 4.81 Å². The third-order valence-corrected chi connectivity index (χ3v) is 16.1. The summed E-state index contributed by atoms with van der Waals surface area (Å²) in [5.41, 5.74) is 17.9. The van der Waals surface area contributed by atoms with Gasteiger partial charge in [0, 0.05) is 59.3 Å². The number of benzene rings is 8. The van der Waals surface area contributed by atoms with Crippen LogP contribution in [0.25, 0.3) is 91.5 Å². The van der Waals surface area contributed by atoms with Crippen LogP contribution in [0.4, 0.5) is 11.4 Å². The van der Waals surface area contributed by atoms with E-state index in [0.29, 0.717) is 0 Å². The van der Waals surface area contributed by atoms with Crippen molar-refractivity contribution < 1.29 is 4.42 Å². The summed E-state index contributed by atoms with van der Waals surface area (Å²) in [7, 11) is 0. The minimum atomic E-state index is -0.0813. The van der Waals surface area contributed by atoms with Crippen molar-refractivity contribution in [3.63, 3.8) is 0 Å².